The van der Waals surface area contributed by atoms with Gasteiger partial charge in [0, 0.05) is 17.4 Å². The first-order valence-corrected chi connectivity index (χ1v) is 6.40. The number of aromatic hydroxyl groups is 1. The van der Waals surface area contributed by atoms with Gasteiger partial charge in [0.25, 0.3) is 5.91 Å². The quantitative estimate of drug-likeness (QED) is 0.839. The normalized spacial score (nSPS) is 16.6. The molecular weight excluding hydrogens is 289 g/mol. The molecule has 1 saturated carbocycles. The van der Waals surface area contributed by atoms with Gasteiger partial charge >= 0.3 is 0 Å². The number of benzene rings is 1. The van der Waals surface area contributed by atoms with E-state index in [0.29, 0.717) is 12.5 Å². The van der Waals surface area contributed by atoms with Gasteiger partial charge < -0.3 is 10.4 Å². The molecule has 0 radical (unpaired) electrons. The Hall–Kier alpha value is -1.10. The van der Waals surface area contributed by atoms with Crippen LogP contribution in [-0.4, -0.2) is 22.4 Å². The number of carbonyl (C=O) groups is 1. The predicted octanol–water partition coefficient (Wildman–Crippen LogP) is 2.43. The molecule has 17 heavy (non-hydrogen) atoms. The molecule has 0 saturated heterocycles. The Morgan fingerprint density at radius 3 is 2.88 bits per heavy atom. The van der Waals surface area contributed by atoms with Crippen LogP contribution in [-0.2, 0) is 0 Å². The Kier molecular flexibility index (Phi) is 3.66. The summed E-state index contributed by atoms with van der Waals surface area (Å²) in [6.07, 6.45) is 2.38. The number of hydrogen-bond acceptors (Lipinski definition) is 2. The van der Waals surface area contributed by atoms with Gasteiger partial charge in [-0.25, -0.2) is 4.39 Å². The first kappa shape index (κ1) is 12.4. The number of nitrogens with one attached hydrogen (secondary N) is 1. The Morgan fingerprint density at radius 2 is 2.29 bits per heavy atom. The van der Waals surface area contributed by atoms with Crippen molar-refractivity contribution in [3.8, 4) is 5.75 Å². The zero-order valence-electron chi connectivity index (χ0n) is 9.12. The third-order valence-electron chi connectivity index (χ3n) is 2.80. The number of carbonyl (C=O) groups excluding carboxylic acids is 1. The summed E-state index contributed by atoms with van der Waals surface area (Å²) < 4.78 is 12.7. The molecule has 1 aliphatic rings. The highest BCUT2D eigenvalue weighted by atomic mass is 79.9. The fraction of sp³-hybridized carbons (Fsp3) is 0.417. The Morgan fingerprint density at radius 1 is 1.59 bits per heavy atom. The summed E-state index contributed by atoms with van der Waals surface area (Å²) in [6, 6.07) is 3.36. The molecule has 3 nitrogen and oxygen atoms in total. The van der Waals surface area contributed by atoms with E-state index in [9.17, 15) is 14.3 Å². The van der Waals surface area contributed by atoms with Gasteiger partial charge in [0.05, 0.1) is 5.56 Å². The molecule has 92 valence electrons. The van der Waals surface area contributed by atoms with Crippen molar-refractivity contribution in [3.63, 3.8) is 0 Å². The van der Waals surface area contributed by atoms with Gasteiger partial charge in [0.2, 0.25) is 0 Å². The van der Waals surface area contributed by atoms with Crippen molar-refractivity contribution >= 4 is 21.8 Å². The Labute approximate surface area is 107 Å². The summed E-state index contributed by atoms with van der Waals surface area (Å²) in [7, 11) is 0. The van der Waals surface area contributed by atoms with Crippen LogP contribution in [0.15, 0.2) is 18.2 Å². The van der Waals surface area contributed by atoms with Gasteiger partial charge in [-0.05, 0) is 30.9 Å². The van der Waals surface area contributed by atoms with Gasteiger partial charge in [-0.2, -0.15) is 0 Å². The fourth-order valence-electron chi connectivity index (χ4n) is 1.61. The van der Waals surface area contributed by atoms with Crippen molar-refractivity contribution in [1.29, 1.82) is 0 Å². The lowest BCUT2D eigenvalue weighted by Gasteiger charge is -2.10. The molecule has 1 aromatic rings. The number of rotatable bonds is 4. The standard InChI is InChI=1S/C12H13BrFNO2/c13-10(7-1-2-7)6-15-12(17)9-4-3-8(14)5-11(9)16/h3-5,7,10,16H,1-2,6H2,(H,15,17). The molecule has 1 amide bonds. The molecule has 0 spiro atoms. The third-order valence-corrected chi connectivity index (χ3v) is 3.87. The summed E-state index contributed by atoms with van der Waals surface area (Å²) in [4.78, 5) is 12.0. The number of amides is 1. The van der Waals surface area contributed by atoms with E-state index in [-0.39, 0.29) is 22.0 Å². The number of halogens is 2. The second kappa shape index (κ2) is 5.04. The zero-order chi connectivity index (χ0) is 12.4. The minimum atomic E-state index is -0.560. The predicted molar refractivity (Wildman–Crippen MR) is 65.8 cm³/mol. The number of phenolic OH excluding ortho intramolecular Hbond substituents is 1. The average molecular weight is 302 g/mol. The van der Waals surface area contributed by atoms with Crippen LogP contribution in [0.1, 0.15) is 23.2 Å². The maximum absolute atomic E-state index is 12.7. The molecule has 1 aliphatic carbocycles. The molecule has 2 rings (SSSR count). The maximum Gasteiger partial charge on any atom is 0.255 e. The fourth-order valence-corrected chi connectivity index (χ4v) is 2.30. The summed E-state index contributed by atoms with van der Waals surface area (Å²) in [5.74, 6) is -0.639. The van der Waals surface area contributed by atoms with Gasteiger partial charge in [0.15, 0.2) is 0 Å². The van der Waals surface area contributed by atoms with Crippen LogP contribution >= 0.6 is 15.9 Å². The van der Waals surface area contributed by atoms with Crippen LogP contribution < -0.4 is 5.32 Å². The van der Waals surface area contributed by atoms with Crippen molar-refractivity contribution < 1.29 is 14.3 Å². The van der Waals surface area contributed by atoms with Crippen molar-refractivity contribution in [2.45, 2.75) is 17.7 Å². The molecule has 1 unspecified atom stereocenters. The van der Waals surface area contributed by atoms with E-state index in [1.54, 1.807) is 0 Å². The topological polar surface area (TPSA) is 49.3 Å². The molecule has 1 aromatic carbocycles. The van der Waals surface area contributed by atoms with Crippen LogP contribution in [0.2, 0.25) is 0 Å². The molecular formula is C12H13BrFNO2. The molecule has 1 atom stereocenters. The summed E-state index contributed by atoms with van der Waals surface area (Å²) in [5.41, 5.74) is 0.0990. The molecule has 2 N–H and O–H groups in total. The molecule has 5 heteroatoms. The average Bonchev–Trinajstić information content (AvgIpc) is 3.09. The maximum atomic E-state index is 12.7. The summed E-state index contributed by atoms with van der Waals surface area (Å²) >= 11 is 3.50. The van der Waals surface area contributed by atoms with Crippen molar-refractivity contribution in [1.82, 2.24) is 5.32 Å². The smallest absolute Gasteiger partial charge is 0.255 e. The van der Waals surface area contributed by atoms with Crippen LogP contribution in [0.5, 0.6) is 5.75 Å². The molecule has 0 heterocycles. The molecule has 0 aromatic heterocycles. The van der Waals surface area contributed by atoms with E-state index in [4.69, 9.17) is 0 Å². The first-order valence-electron chi connectivity index (χ1n) is 5.48. The number of hydrogen-bond donors (Lipinski definition) is 2. The van der Waals surface area contributed by atoms with Crippen molar-refractivity contribution in [2.24, 2.45) is 5.92 Å². The monoisotopic (exact) mass is 301 g/mol. The van der Waals surface area contributed by atoms with Crippen molar-refractivity contribution in [3.05, 3.63) is 29.6 Å². The molecule has 0 aliphatic heterocycles. The lowest BCUT2D eigenvalue weighted by atomic mass is 10.2. The number of phenols is 1. The van der Waals surface area contributed by atoms with Gasteiger partial charge in [-0.15, -0.1) is 0 Å². The van der Waals surface area contributed by atoms with E-state index in [1.165, 1.54) is 18.9 Å². The SMILES string of the molecule is O=C(NCC(Br)C1CC1)c1ccc(F)cc1O. The Bertz CT molecular complexity index is 435. The molecule has 0 bridgehead atoms. The van der Waals surface area contributed by atoms with E-state index >= 15 is 0 Å². The van der Waals surface area contributed by atoms with E-state index in [0.717, 1.165) is 12.1 Å². The minimum Gasteiger partial charge on any atom is -0.507 e. The second-order valence-corrected chi connectivity index (χ2v) is 5.40. The summed E-state index contributed by atoms with van der Waals surface area (Å²) in [5, 5.41) is 12.1. The van der Waals surface area contributed by atoms with Crippen LogP contribution in [0.4, 0.5) is 4.39 Å². The van der Waals surface area contributed by atoms with E-state index in [1.807, 2.05) is 0 Å². The zero-order valence-corrected chi connectivity index (χ0v) is 10.7. The lowest BCUT2D eigenvalue weighted by molar-refractivity contribution is 0.0950. The van der Waals surface area contributed by atoms with E-state index in [2.05, 4.69) is 21.2 Å². The van der Waals surface area contributed by atoms with Crippen LogP contribution in [0.25, 0.3) is 0 Å². The summed E-state index contributed by atoms with van der Waals surface area (Å²) in [6.45, 7) is 0.514. The van der Waals surface area contributed by atoms with Gasteiger partial charge in [-0.1, -0.05) is 15.9 Å². The van der Waals surface area contributed by atoms with Gasteiger partial charge in [-0.3, -0.25) is 4.79 Å². The van der Waals surface area contributed by atoms with Crippen LogP contribution in [0.3, 0.4) is 0 Å². The second-order valence-electron chi connectivity index (χ2n) is 4.22. The van der Waals surface area contributed by atoms with Crippen LogP contribution in [0, 0.1) is 11.7 Å². The lowest BCUT2D eigenvalue weighted by Crippen LogP contribution is -2.30. The first-order chi connectivity index (χ1) is 8.08. The van der Waals surface area contributed by atoms with Crippen molar-refractivity contribution in [2.75, 3.05) is 6.54 Å². The highest BCUT2D eigenvalue weighted by Crippen LogP contribution is 2.36. The highest BCUT2D eigenvalue weighted by Gasteiger charge is 2.29. The van der Waals surface area contributed by atoms with Gasteiger partial charge in [0.1, 0.15) is 11.6 Å². The Balaban J connectivity index is 1.94. The van der Waals surface area contributed by atoms with E-state index < -0.39 is 5.82 Å². The number of alkyl halides is 1. The third kappa shape index (κ3) is 3.19. The largest absolute Gasteiger partial charge is 0.507 e. The molecule has 1 fully saturated rings. The minimum absolute atomic E-state index is 0.0990. The highest BCUT2D eigenvalue weighted by molar-refractivity contribution is 9.09.